The number of benzene rings is 2. The summed E-state index contributed by atoms with van der Waals surface area (Å²) in [4.78, 5) is 29.2. The van der Waals surface area contributed by atoms with Gasteiger partial charge in [0.2, 0.25) is 11.7 Å². The number of carbonyl (C=O) groups is 2. The number of nitrogens with zero attached hydrogens (tertiary/aromatic N) is 5. The minimum atomic E-state index is -0.667. The van der Waals surface area contributed by atoms with E-state index in [0.29, 0.717) is 11.5 Å². The molecule has 1 heterocycles. The van der Waals surface area contributed by atoms with Crippen molar-refractivity contribution in [2.75, 3.05) is 4.90 Å². The molecule has 1 N–H and O–H groups in total. The Labute approximate surface area is 194 Å². The molecule has 1 saturated carbocycles. The number of aromatic nitrogens is 4. The van der Waals surface area contributed by atoms with Crippen LogP contribution in [0.1, 0.15) is 43.7 Å². The lowest BCUT2D eigenvalue weighted by molar-refractivity contribution is -0.127. The molecule has 1 aliphatic rings. The number of hydrogen-bond acceptors (Lipinski definition) is 5. The molecule has 0 saturated heterocycles. The zero-order valence-electron chi connectivity index (χ0n) is 19.4. The predicted octanol–water partition coefficient (Wildman–Crippen LogP) is 3.44. The summed E-state index contributed by atoms with van der Waals surface area (Å²) in [7, 11) is 0. The van der Waals surface area contributed by atoms with Gasteiger partial charge in [0.1, 0.15) is 12.6 Å². The van der Waals surface area contributed by atoms with Crippen molar-refractivity contribution in [3.63, 3.8) is 0 Å². The second-order valence-corrected chi connectivity index (χ2v) is 8.78. The summed E-state index contributed by atoms with van der Waals surface area (Å²) in [6.45, 7) is 5.61. The van der Waals surface area contributed by atoms with Gasteiger partial charge in [-0.2, -0.15) is 4.80 Å². The Morgan fingerprint density at radius 3 is 2.52 bits per heavy atom. The van der Waals surface area contributed by atoms with Crippen molar-refractivity contribution >= 4 is 17.5 Å². The van der Waals surface area contributed by atoms with Crippen LogP contribution in [0.25, 0.3) is 11.4 Å². The molecule has 2 amide bonds. The molecular weight excluding hydrogens is 416 g/mol. The van der Waals surface area contributed by atoms with Crippen LogP contribution in [0.5, 0.6) is 0 Å². The standard InChI is InChI=1S/C25H30N6O2/c1-17-11-13-20(14-12-17)24-27-29-30(28-24)16-23(32)31(22-10-6-7-18(2)15-22)19(3)25(33)26-21-8-4-5-9-21/h6-7,10-15,19,21H,4-5,8-9,16H2,1-3H3,(H,26,33)/t19-/m0/s1. The molecule has 0 unspecified atom stereocenters. The smallest absolute Gasteiger partial charge is 0.251 e. The zero-order chi connectivity index (χ0) is 23.4. The van der Waals surface area contributed by atoms with Gasteiger partial charge in [0, 0.05) is 17.3 Å². The Morgan fingerprint density at radius 2 is 1.82 bits per heavy atom. The molecule has 1 aromatic heterocycles. The summed E-state index contributed by atoms with van der Waals surface area (Å²) in [5.74, 6) is 0.0307. The number of amides is 2. The highest BCUT2D eigenvalue weighted by Crippen LogP contribution is 2.22. The van der Waals surface area contributed by atoms with Crippen LogP contribution >= 0.6 is 0 Å². The SMILES string of the molecule is Cc1ccc(-c2nnn(CC(=O)N(c3cccc(C)c3)[C@@H](C)C(=O)NC3CCCC3)n2)cc1. The molecule has 172 valence electrons. The fraction of sp³-hybridized carbons (Fsp3) is 0.400. The molecule has 1 fully saturated rings. The van der Waals surface area contributed by atoms with Gasteiger partial charge in [-0.1, -0.05) is 54.8 Å². The lowest BCUT2D eigenvalue weighted by Crippen LogP contribution is -2.51. The van der Waals surface area contributed by atoms with E-state index < -0.39 is 6.04 Å². The molecule has 4 rings (SSSR count). The Hall–Kier alpha value is -3.55. The Morgan fingerprint density at radius 1 is 1.09 bits per heavy atom. The fourth-order valence-electron chi connectivity index (χ4n) is 4.20. The van der Waals surface area contributed by atoms with Crippen LogP contribution in [0.3, 0.4) is 0 Å². The van der Waals surface area contributed by atoms with Crippen molar-refractivity contribution in [3.8, 4) is 11.4 Å². The quantitative estimate of drug-likeness (QED) is 0.600. The molecule has 2 aromatic carbocycles. The van der Waals surface area contributed by atoms with Crippen LogP contribution in [0, 0.1) is 13.8 Å². The summed E-state index contributed by atoms with van der Waals surface area (Å²) in [5, 5.41) is 15.6. The van der Waals surface area contributed by atoms with E-state index in [1.165, 1.54) is 9.70 Å². The highest BCUT2D eigenvalue weighted by molar-refractivity contribution is 6.00. The van der Waals surface area contributed by atoms with Crippen molar-refractivity contribution in [2.24, 2.45) is 0 Å². The van der Waals surface area contributed by atoms with Gasteiger partial charge >= 0.3 is 0 Å². The summed E-state index contributed by atoms with van der Waals surface area (Å²) >= 11 is 0. The minimum Gasteiger partial charge on any atom is -0.352 e. The highest BCUT2D eigenvalue weighted by Gasteiger charge is 2.30. The lowest BCUT2D eigenvalue weighted by atomic mass is 10.1. The highest BCUT2D eigenvalue weighted by atomic mass is 16.2. The molecule has 8 heteroatoms. The summed E-state index contributed by atoms with van der Waals surface area (Å²) < 4.78 is 0. The van der Waals surface area contributed by atoms with Crippen molar-refractivity contribution in [1.29, 1.82) is 0 Å². The molecule has 1 atom stereocenters. The zero-order valence-corrected chi connectivity index (χ0v) is 19.4. The molecule has 0 aliphatic heterocycles. The number of carbonyl (C=O) groups excluding carboxylic acids is 2. The van der Waals surface area contributed by atoms with Gasteiger partial charge in [-0.25, -0.2) is 0 Å². The molecule has 33 heavy (non-hydrogen) atoms. The topological polar surface area (TPSA) is 93.0 Å². The maximum absolute atomic E-state index is 13.4. The van der Waals surface area contributed by atoms with E-state index >= 15 is 0 Å². The number of rotatable bonds is 7. The van der Waals surface area contributed by atoms with Gasteiger partial charge < -0.3 is 5.32 Å². The van der Waals surface area contributed by atoms with Gasteiger partial charge in [0.15, 0.2) is 0 Å². The Balaban J connectivity index is 1.54. The van der Waals surface area contributed by atoms with Crippen LogP contribution in [0.4, 0.5) is 5.69 Å². The molecule has 3 aromatic rings. The molecule has 8 nitrogen and oxygen atoms in total. The van der Waals surface area contributed by atoms with Crippen LogP contribution in [0.15, 0.2) is 48.5 Å². The lowest BCUT2D eigenvalue weighted by Gasteiger charge is -2.29. The molecule has 0 spiro atoms. The van der Waals surface area contributed by atoms with E-state index in [-0.39, 0.29) is 24.4 Å². The largest absolute Gasteiger partial charge is 0.352 e. The molecule has 1 aliphatic carbocycles. The van der Waals surface area contributed by atoms with Gasteiger partial charge in [0.25, 0.3) is 5.91 Å². The normalized spacial score (nSPS) is 14.8. The first-order chi connectivity index (χ1) is 15.9. The second-order valence-electron chi connectivity index (χ2n) is 8.78. The van der Waals surface area contributed by atoms with Crippen molar-refractivity contribution in [2.45, 2.75) is 65.1 Å². The molecule has 0 radical (unpaired) electrons. The van der Waals surface area contributed by atoms with Crippen LogP contribution in [-0.4, -0.2) is 44.1 Å². The van der Waals surface area contributed by atoms with Gasteiger partial charge in [-0.15, -0.1) is 10.2 Å². The van der Waals surface area contributed by atoms with E-state index in [0.717, 1.165) is 42.4 Å². The third-order valence-electron chi connectivity index (χ3n) is 6.06. The van der Waals surface area contributed by atoms with Crippen LogP contribution in [0.2, 0.25) is 0 Å². The molecule has 0 bridgehead atoms. The predicted molar refractivity (Wildman–Crippen MR) is 127 cm³/mol. The van der Waals surface area contributed by atoms with Crippen molar-refractivity contribution in [1.82, 2.24) is 25.5 Å². The first kappa shape index (κ1) is 22.6. The number of hydrogen-bond donors (Lipinski definition) is 1. The summed E-state index contributed by atoms with van der Waals surface area (Å²) in [6.07, 6.45) is 4.23. The third-order valence-corrected chi connectivity index (χ3v) is 6.06. The first-order valence-corrected chi connectivity index (χ1v) is 11.4. The van der Waals surface area contributed by atoms with Gasteiger partial charge in [0.05, 0.1) is 0 Å². The average Bonchev–Trinajstić information content (AvgIpc) is 3.47. The summed E-state index contributed by atoms with van der Waals surface area (Å²) in [6, 6.07) is 14.9. The third kappa shape index (κ3) is 5.45. The van der Waals surface area contributed by atoms with Gasteiger partial charge in [-0.05, 0) is 56.5 Å². The van der Waals surface area contributed by atoms with Crippen molar-refractivity contribution in [3.05, 3.63) is 59.7 Å². The first-order valence-electron chi connectivity index (χ1n) is 11.4. The monoisotopic (exact) mass is 446 g/mol. The number of aryl methyl sites for hydroxylation is 2. The van der Waals surface area contributed by atoms with Crippen molar-refractivity contribution < 1.29 is 9.59 Å². The summed E-state index contributed by atoms with van der Waals surface area (Å²) in [5.41, 5.74) is 3.65. The maximum Gasteiger partial charge on any atom is 0.251 e. The Kier molecular flexibility index (Phi) is 6.82. The van der Waals surface area contributed by atoms with E-state index in [9.17, 15) is 9.59 Å². The maximum atomic E-state index is 13.4. The second kappa shape index (κ2) is 9.94. The van der Waals surface area contributed by atoms with Crippen LogP contribution in [-0.2, 0) is 16.1 Å². The number of nitrogens with one attached hydrogen (secondary N) is 1. The number of anilines is 1. The molecular formula is C25H30N6O2. The average molecular weight is 447 g/mol. The van der Waals surface area contributed by atoms with E-state index in [1.807, 2.05) is 62.4 Å². The minimum absolute atomic E-state index is 0.117. The van der Waals surface area contributed by atoms with Gasteiger partial charge in [-0.3, -0.25) is 14.5 Å². The fourth-order valence-corrected chi connectivity index (χ4v) is 4.20. The van der Waals surface area contributed by atoms with E-state index in [2.05, 4.69) is 20.7 Å². The Bertz CT molecular complexity index is 1120. The number of tetrazole rings is 1. The van der Waals surface area contributed by atoms with E-state index in [1.54, 1.807) is 6.92 Å². The van der Waals surface area contributed by atoms with Crippen LogP contribution < -0.4 is 10.2 Å². The van der Waals surface area contributed by atoms with E-state index in [4.69, 9.17) is 0 Å².